The third-order valence-electron chi connectivity index (χ3n) is 5.08. The van der Waals surface area contributed by atoms with Crippen LogP contribution < -0.4 is 11.1 Å². The van der Waals surface area contributed by atoms with Gasteiger partial charge in [-0.3, -0.25) is 4.79 Å². The van der Waals surface area contributed by atoms with Gasteiger partial charge in [0.05, 0.1) is 6.61 Å². The molecule has 4 aromatic rings. The van der Waals surface area contributed by atoms with Crippen LogP contribution in [0.5, 0.6) is 0 Å². The molecule has 0 spiro atoms. The van der Waals surface area contributed by atoms with E-state index < -0.39 is 0 Å². The SMILES string of the molecule is COCCNC(=O)c1cccc(CCc2cccc(N)c2-c2noc3ccccc23)n1.Cl. The summed E-state index contributed by atoms with van der Waals surface area (Å²) in [5, 5.41) is 8.00. The van der Waals surface area contributed by atoms with Gasteiger partial charge in [0.1, 0.15) is 11.4 Å². The predicted molar refractivity (Wildman–Crippen MR) is 127 cm³/mol. The molecule has 32 heavy (non-hydrogen) atoms. The number of nitrogens with one attached hydrogen (secondary N) is 1. The molecule has 0 aliphatic rings. The van der Waals surface area contributed by atoms with Gasteiger partial charge in [-0.1, -0.05) is 35.5 Å². The number of rotatable bonds is 8. The van der Waals surface area contributed by atoms with Crippen LogP contribution in [0.1, 0.15) is 21.7 Å². The second-order valence-corrected chi connectivity index (χ2v) is 7.17. The van der Waals surface area contributed by atoms with Gasteiger partial charge in [-0.25, -0.2) is 4.98 Å². The standard InChI is InChI=1S/C24H24N4O3.ClH/c1-30-15-14-26-24(29)20-10-5-7-17(27-20)13-12-16-6-4-9-19(25)22(16)23-18-8-2-3-11-21(18)31-28-23;/h2-11H,12-15,25H2,1H3,(H,26,29);1H. The Labute approximate surface area is 192 Å². The molecule has 3 N–H and O–H groups in total. The van der Waals surface area contributed by atoms with E-state index in [-0.39, 0.29) is 18.3 Å². The second-order valence-electron chi connectivity index (χ2n) is 7.17. The molecule has 0 saturated carbocycles. The van der Waals surface area contributed by atoms with Crippen LogP contribution in [0.15, 0.2) is 65.2 Å². The van der Waals surface area contributed by atoms with Crippen LogP contribution in [0.3, 0.4) is 0 Å². The lowest BCUT2D eigenvalue weighted by atomic mass is 9.96. The summed E-state index contributed by atoms with van der Waals surface area (Å²) in [5.74, 6) is -0.211. The maximum Gasteiger partial charge on any atom is 0.269 e. The molecule has 0 fully saturated rings. The van der Waals surface area contributed by atoms with E-state index in [1.165, 1.54) is 0 Å². The zero-order valence-corrected chi connectivity index (χ0v) is 18.5. The van der Waals surface area contributed by atoms with Crippen molar-refractivity contribution >= 4 is 35.0 Å². The summed E-state index contributed by atoms with van der Waals surface area (Å²) in [6.07, 6.45) is 1.36. The molecule has 0 aliphatic heterocycles. The van der Waals surface area contributed by atoms with Crippen molar-refractivity contribution in [2.75, 3.05) is 26.0 Å². The molecule has 2 aromatic heterocycles. The highest BCUT2D eigenvalue weighted by Gasteiger charge is 2.17. The van der Waals surface area contributed by atoms with Gasteiger partial charge in [0.15, 0.2) is 5.58 Å². The minimum Gasteiger partial charge on any atom is -0.398 e. The molecule has 2 heterocycles. The Morgan fingerprint density at radius 3 is 2.72 bits per heavy atom. The first-order valence-electron chi connectivity index (χ1n) is 10.1. The number of benzene rings is 2. The third kappa shape index (κ3) is 5.07. The van der Waals surface area contributed by atoms with Crippen molar-refractivity contribution in [2.45, 2.75) is 12.8 Å². The van der Waals surface area contributed by atoms with Crippen molar-refractivity contribution in [3.05, 3.63) is 77.6 Å². The molecule has 4 rings (SSSR count). The van der Waals surface area contributed by atoms with Gasteiger partial charge in [0.25, 0.3) is 5.91 Å². The normalized spacial score (nSPS) is 10.7. The highest BCUT2D eigenvalue weighted by atomic mass is 35.5. The molecule has 0 aliphatic carbocycles. The number of methoxy groups -OCH3 is 1. The lowest BCUT2D eigenvalue weighted by Crippen LogP contribution is -2.27. The van der Waals surface area contributed by atoms with Crippen LogP contribution in [-0.2, 0) is 17.6 Å². The van der Waals surface area contributed by atoms with E-state index in [9.17, 15) is 4.79 Å². The van der Waals surface area contributed by atoms with E-state index in [4.69, 9.17) is 15.0 Å². The van der Waals surface area contributed by atoms with E-state index in [2.05, 4.69) is 15.5 Å². The number of fused-ring (bicyclic) bond motifs is 1. The van der Waals surface area contributed by atoms with Crippen molar-refractivity contribution < 1.29 is 14.1 Å². The summed E-state index contributed by atoms with van der Waals surface area (Å²) in [6.45, 7) is 0.903. The van der Waals surface area contributed by atoms with Gasteiger partial charge >= 0.3 is 0 Å². The van der Waals surface area contributed by atoms with Crippen LogP contribution in [0.2, 0.25) is 0 Å². The summed E-state index contributed by atoms with van der Waals surface area (Å²) in [4.78, 5) is 16.8. The van der Waals surface area contributed by atoms with E-state index in [0.717, 1.165) is 33.5 Å². The van der Waals surface area contributed by atoms with Crippen molar-refractivity contribution in [2.24, 2.45) is 0 Å². The second kappa shape index (κ2) is 10.7. The fourth-order valence-electron chi connectivity index (χ4n) is 3.55. The van der Waals surface area contributed by atoms with Gasteiger partial charge in [0, 0.05) is 36.0 Å². The number of para-hydroxylation sites is 1. The zero-order chi connectivity index (χ0) is 21.6. The quantitative estimate of drug-likeness (QED) is 0.308. The summed E-state index contributed by atoms with van der Waals surface area (Å²) in [5.41, 5.74) is 11.6. The largest absolute Gasteiger partial charge is 0.398 e. The van der Waals surface area contributed by atoms with E-state index in [0.29, 0.717) is 37.4 Å². The molecule has 0 saturated heterocycles. The first kappa shape index (κ1) is 23.2. The molecule has 1 amide bonds. The number of carbonyl (C=O) groups is 1. The first-order chi connectivity index (χ1) is 15.2. The van der Waals surface area contributed by atoms with Gasteiger partial charge in [-0.05, 0) is 48.7 Å². The van der Waals surface area contributed by atoms with Gasteiger partial charge in [-0.15, -0.1) is 12.4 Å². The number of carbonyl (C=O) groups excluding carboxylic acids is 1. The minimum absolute atomic E-state index is 0. The van der Waals surface area contributed by atoms with Gasteiger partial charge in [-0.2, -0.15) is 0 Å². The Morgan fingerprint density at radius 2 is 1.88 bits per heavy atom. The summed E-state index contributed by atoms with van der Waals surface area (Å²) in [6, 6.07) is 19.0. The Kier molecular flexibility index (Phi) is 7.81. The zero-order valence-electron chi connectivity index (χ0n) is 17.7. The molecular formula is C24H25ClN4O3. The number of pyridine rings is 1. The average molecular weight is 453 g/mol. The van der Waals surface area contributed by atoms with Gasteiger partial charge in [0.2, 0.25) is 0 Å². The lowest BCUT2D eigenvalue weighted by Gasteiger charge is -2.11. The van der Waals surface area contributed by atoms with Crippen LogP contribution in [0.4, 0.5) is 5.69 Å². The van der Waals surface area contributed by atoms with Crippen LogP contribution in [0, 0.1) is 0 Å². The first-order valence-corrected chi connectivity index (χ1v) is 10.1. The Bertz CT molecular complexity index is 1210. The highest BCUT2D eigenvalue weighted by molar-refractivity contribution is 5.95. The summed E-state index contributed by atoms with van der Waals surface area (Å²) >= 11 is 0. The van der Waals surface area contributed by atoms with E-state index in [1.54, 1.807) is 13.2 Å². The van der Waals surface area contributed by atoms with Crippen molar-refractivity contribution in [1.29, 1.82) is 0 Å². The Hall–Kier alpha value is -3.42. The van der Waals surface area contributed by atoms with Gasteiger partial charge < -0.3 is 20.3 Å². The highest BCUT2D eigenvalue weighted by Crippen LogP contribution is 2.34. The fourth-order valence-corrected chi connectivity index (χ4v) is 3.55. The number of nitrogen functional groups attached to an aromatic ring is 1. The minimum atomic E-state index is -0.211. The number of nitrogens with two attached hydrogens (primary N) is 1. The maximum absolute atomic E-state index is 12.3. The van der Waals surface area contributed by atoms with Crippen LogP contribution in [-0.4, -0.2) is 36.3 Å². The molecule has 166 valence electrons. The smallest absolute Gasteiger partial charge is 0.269 e. The summed E-state index contributed by atoms with van der Waals surface area (Å²) < 4.78 is 10.4. The molecule has 0 radical (unpaired) electrons. The molecule has 0 unspecified atom stereocenters. The van der Waals surface area contributed by atoms with Crippen molar-refractivity contribution in [3.8, 4) is 11.3 Å². The topological polar surface area (TPSA) is 103 Å². The molecular weight excluding hydrogens is 428 g/mol. The number of nitrogens with zero attached hydrogens (tertiary/aromatic N) is 2. The maximum atomic E-state index is 12.3. The molecule has 0 bridgehead atoms. The van der Waals surface area contributed by atoms with E-state index >= 15 is 0 Å². The molecule has 2 aromatic carbocycles. The Balaban J connectivity index is 0.00000289. The van der Waals surface area contributed by atoms with Crippen molar-refractivity contribution in [3.63, 3.8) is 0 Å². The van der Waals surface area contributed by atoms with Crippen molar-refractivity contribution in [1.82, 2.24) is 15.5 Å². The number of amides is 1. The van der Waals surface area contributed by atoms with Crippen LogP contribution >= 0.6 is 12.4 Å². The number of hydrogen-bond donors (Lipinski definition) is 2. The lowest BCUT2D eigenvalue weighted by molar-refractivity contribution is 0.0932. The summed E-state index contributed by atoms with van der Waals surface area (Å²) in [7, 11) is 1.59. The number of hydrogen-bond acceptors (Lipinski definition) is 6. The number of anilines is 1. The monoisotopic (exact) mass is 452 g/mol. The predicted octanol–water partition coefficient (Wildman–Crippen LogP) is 4.06. The number of halogens is 1. The fraction of sp³-hybridized carbons (Fsp3) is 0.208. The Morgan fingerprint density at radius 1 is 1.06 bits per heavy atom. The number of ether oxygens (including phenoxy) is 1. The number of aryl methyl sites for hydroxylation is 2. The third-order valence-corrected chi connectivity index (χ3v) is 5.08. The van der Waals surface area contributed by atoms with Crippen LogP contribution in [0.25, 0.3) is 22.2 Å². The van der Waals surface area contributed by atoms with E-state index in [1.807, 2.05) is 54.6 Å². The average Bonchev–Trinajstić information content (AvgIpc) is 3.22. The molecule has 8 heteroatoms. The molecule has 7 nitrogen and oxygen atoms in total. The number of aromatic nitrogens is 2. The molecule has 0 atom stereocenters.